The fraction of sp³-hybridized carbons (Fsp3) is 0.182. The van der Waals surface area contributed by atoms with Gasteiger partial charge in [0.25, 0.3) is 0 Å². The highest BCUT2D eigenvalue weighted by molar-refractivity contribution is 6.07. The molecule has 4 aromatic rings. The summed E-state index contributed by atoms with van der Waals surface area (Å²) in [6.45, 7) is 0.785. The Hall–Kier alpha value is -3.14. The molecule has 0 aliphatic carbocycles. The number of aromatic amines is 1. The maximum absolute atomic E-state index is 12.7. The van der Waals surface area contributed by atoms with Gasteiger partial charge in [-0.2, -0.15) is 0 Å². The van der Waals surface area contributed by atoms with Gasteiger partial charge in [0.1, 0.15) is 0 Å². The summed E-state index contributed by atoms with van der Waals surface area (Å²) in [5.74, 6) is 0.177. The van der Waals surface area contributed by atoms with E-state index >= 15 is 0 Å². The predicted molar refractivity (Wildman–Crippen MR) is 104 cm³/mol. The van der Waals surface area contributed by atoms with Crippen molar-refractivity contribution in [3.05, 3.63) is 72.1 Å². The second kappa shape index (κ2) is 5.99. The van der Waals surface area contributed by atoms with Crippen LogP contribution in [0.4, 0.5) is 5.69 Å². The van der Waals surface area contributed by atoms with E-state index in [1.165, 1.54) is 16.3 Å². The van der Waals surface area contributed by atoms with E-state index in [9.17, 15) is 4.79 Å². The molecule has 0 saturated carbocycles. The van der Waals surface area contributed by atoms with Crippen LogP contribution < -0.4 is 4.90 Å². The van der Waals surface area contributed by atoms with E-state index in [-0.39, 0.29) is 5.91 Å². The lowest BCUT2D eigenvalue weighted by atomic mass is 10.1. The molecule has 2 aromatic heterocycles. The van der Waals surface area contributed by atoms with E-state index < -0.39 is 0 Å². The van der Waals surface area contributed by atoms with Gasteiger partial charge in [0, 0.05) is 40.6 Å². The lowest BCUT2D eigenvalue weighted by Crippen LogP contribution is -2.29. The molecule has 1 amide bonds. The number of nitrogens with one attached hydrogen (secondary N) is 1. The minimum atomic E-state index is 0.177. The number of carbonyl (C=O) groups excluding carboxylic acids is 1. The third kappa shape index (κ3) is 2.46. The van der Waals surface area contributed by atoms with Crippen LogP contribution in [0.2, 0.25) is 0 Å². The molecule has 3 heterocycles. The van der Waals surface area contributed by atoms with Gasteiger partial charge < -0.3 is 9.88 Å². The van der Waals surface area contributed by atoms with Crippen LogP contribution >= 0.6 is 0 Å². The molecule has 4 nitrogen and oxygen atoms in total. The molecule has 26 heavy (non-hydrogen) atoms. The van der Waals surface area contributed by atoms with Crippen molar-refractivity contribution in [1.82, 2.24) is 9.97 Å². The molecule has 5 rings (SSSR count). The van der Waals surface area contributed by atoms with Crippen molar-refractivity contribution in [3.63, 3.8) is 0 Å². The first-order valence-electron chi connectivity index (χ1n) is 9.03. The Morgan fingerprint density at radius 3 is 2.85 bits per heavy atom. The van der Waals surface area contributed by atoms with Crippen LogP contribution in [0.25, 0.3) is 21.8 Å². The van der Waals surface area contributed by atoms with Gasteiger partial charge in [-0.3, -0.25) is 9.78 Å². The third-order valence-electron chi connectivity index (χ3n) is 5.23. The maximum Gasteiger partial charge on any atom is 0.227 e. The van der Waals surface area contributed by atoms with Crippen molar-refractivity contribution >= 4 is 33.4 Å². The van der Waals surface area contributed by atoms with Crippen molar-refractivity contribution < 1.29 is 4.79 Å². The second-order valence-electron chi connectivity index (χ2n) is 6.82. The molecule has 0 spiro atoms. The van der Waals surface area contributed by atoms with E-state index in [4.69, 9.17) is 0 Å². The zero-order valence-electron chi connectivity index (χ0n) is 14.4. The van der Waals surface area contributed by atoms with Crippen molar-refractivity contribution in [2.45, 2.75) is 19.3 Å². The van der Waals surface area contributed by atoms with Crippen molar-refractivity contribution in [2.24, 2.45) is 0 Å². The SMILES string of the molecule is O=C(CCc1cc2c(cn1)[nH]c1ccccc12)N1CCc2ccccc21. The summed E-state index contributed by atoms with van der Waals surface area (Å²) < 4.78 is 0. The molecule has 128 valence electrons. The van der Waals surface area contributed by atoms with E-state index in [2.05, 4.69) is 34.2 Å². The van der Waals surface area contributed by atoms with Gasteiger partial charge >= 0.3 is 0 Å². The van der Waals surface area contributed by atoms with Gasteiger partial charge in [0.2, 0.25) is 5.91 Å². The summed E-state index contributed by atoms with van der Waals surface area (Å²) in [5.41, 5.74) is 5.45. The smallest absolute Gasteiger partial charge is 0.227 e. The minimum absolute atomic E-state index is 0.177. The quantitative estimate of drug-likeness (QED) is 0.606. The van der Waals surface area contributed by atoms with Gasteiger partial charge in [-0.05, 0) is 36.6 Å². The average Bonchev–Trinajstić information content (AvgIpc) is 3.27. The Bertz CT molecular complexity index is 1130. The van der Waals surface area contributed by atoms with Crippen molar-refractivity contribution in [3.8, 4) is 0 Å². The number of benzene rings is 2. The molecule has 0 bridgehead atoms. The number of anilines is 1. The molecular formula is C22H19N3O. The Labute approximate surface area is 151 Å². The highest BCUT2D eigenvalue weighted by Gasteiger charge is 2.23. The fourth-order valence-corrected chi connectivity index (χ4v) is 3.90. The van der Waals surface area contributed by atoms with E-state index in [1.54, 1.807) is 0 Å². The van der Waals surface area contributed by atoms with Crippen LogP contribution in [0.1, 0.15) is 17.7 Å². The summed E-state index contributed by atoms with van der Waals surface area (Å²) in [4.78, 5) is 22.5. The topological polar surface area (TPSA) is 49.0 Å². The molecule has 1 N–H and O–H groups in total. The maximum atomic E-state index is 12.7. The molecule has 0 radical (unpaired) electrons. The Balaban J connectivity index is 1.37. The van der Waals surface area contributed by atoms with Crippen LogP contribution in [-0.4, -0.2) is 22.4 Å². The van der Waals surface area contributed by atoms with Crippen LogP contribution in [0.5, 0.6) is 0 Å². The number of nitrogens with zero attached hydrogens (tertiary/aromatic N) is 2. The van der Waals surface area contributed by atoms with Crippen LogP contribution in [-0.2, 0) is 17.6 Å². The monoisotopic (exact) mass is 341 g/mol. The van der Waals surface area contributed by atoms with Crippen molar-refractivity contribution in [1.29, 1.82) is 0 Å². The molecular weight excluding hydrogens is 322 g/mol. The van der Waals surface area contributed by atoms with Gasteiger partial charge in [-0.1, -0.05) is 36.4 Å². The summed E-state index contributed by atoms with van der Waals surface area (Å²) in [6.07, 6.45) is 3.96. The van der Waals surface area contributed by atoms with Crippen LogP contribution in [0.15, 0.2) is 60.8 Å². The Kier molecular flexibility index (Phi) is 3.49. The van der Waals surface area contributed by atoms with Gasteiger partial charge in [-0.25, -0.2) is 0 Å². The first-order valence-corrected chi connectivity index (χ1v) is 9.03. The number of hydrogen-bond acceptors (Lipinski definition) is 2. The Morgan fingerprint density at radius 2 is 1.88 bits per heavy atom. The summed E-state index contributed by atoms with van der Waals surface area (Å²) >= 11 is 0. The number of carbonyl (C=O) groups is 1. The third-order valence-corrected chi connectivity index (χ3v) is 5.23. The largest absolute Gasteiger partial charge is 0.353 e. The number of H-pyrrole nitrogens is 1. The second-order valence-corrected chi connectivity index (χ2v) is 6.82. The lowest BCUT2D eigenvalue weighted by molar-refractivity contribution is -0.118. The lowest BCUT2D eigenvalue weighted by Gasteiger charge is -2.17. The molecule has 0 fully saturated rings. The average molecular weight is 341 g/mol. The van der Waals surface area contributed by atoms with Gasteiger partial charge in [-0.15, -0.1) is 0 Å². The molecule has 1 aliphatic heterocycles. The van der Waals surface area contributed by atoms with E-state index in [1.807, 2.05) is 41.4 Å². The molecule has 0 unspecified atom stereocenters. The predicted octanol–water partition coefficient (Wildman–Crippen LogP) is 4.24. The first kappa shape index (κ1) is 15.1. The standard InChI is InChI=1S/C22H19N3O/c26-22(25-12-11-15-5-1-4-8-21(15)25)10-9-16-13-18-17-6-2-3-7-19(17)24-20(18)14-23-16/h1-8,13-14,24H,9-12H2. The normalized spacial score (nSPS) is 13.5. The van der Waals surface area contributed by atoms with E-state index in [0.29, 0.717) is 12.8 Å². The number of pyridine rings is 1. The van der Waals surface area contributed by atoms with Crippen LogP contribution in [0, 0.1) is 0 Å². The molecule has 1 aliphatic rings. The zero-order chi connectivity index (χ0) is 17.5. The number of fused-ring (bicyclic) bond motifs is 4. The van der Waals surface area contributed by atoms with Crippen LogP contribution in [0.3, 0.4) is 0 Å². The number of amides is 1. The molecule has 0 saturated heterocycles. The highest BCUT2D eigenvalue weighted by atomic mass is 16.2. The van der Waals surface area contributed by atoms with Gasteiger partial charge in [0.05, 0.1) is 11.7 Å². The number of rotatable bonds is 3. The number of hydrogen-bond donors (Lipinski definition) is 1. The zero-order valence-corrected chi connectivity index (χ0v) is 14.4. The molecule has 4 heteroatoms. The summed E-state index contributed by atoms with van der Waals surface area (Å²) in [7, 11) is 0. The minimum Gasteiger partial charge on any atom is -0.353 e. The van der Waals surface area contributed by atoms with E-state index in [0.717, 1.165) is 35.4 Å². The summed E-state index contributed by atoms with van der Waals surface area (Å²) in [6, 6.07) is 18.5. The molecule has 2 aromatic carbocycles. The number of aryl methyl sites for hydroxylation is 1. The Morgan fingerprint density at radius 1 is 1.04 bits per heavy atom. The highest BCUT2D eigenvalue weighted by Crippen LogP contribution is 2.29. The first-order chi connectivity index (χ1) is 12.8. The van der Waals surface area contributed by atoms with Gasteiger partial charge in [0.15, 0.2) is 0 Å². The van der Waals surface area contributed by atoms with Crippen molar-refractivity contribution in [2.75, 3.05) is 11.4 Å². The fourth-order valence-electron chi connectivity index (χ4n) is 3.90. The number of aromatic nitrogens is 2. The number of para-hydroxylation sites is 2. The summed E-state index contributed by atoms with van der Waals surface area (Å²) in [5, 5.41) is 2.37. The molecule has 0 atom stereocenters.